The van der Waals surface area contributed by atoms with Crippen LogP contribution in [0, 0.1) is 11.6 Å². The summed E-state index contributed by atoms with van der Waals surface area (Å²) in [4.78, 5) is 28.8. The molecule has 170 valence electrons. The van der Waals surface area contributed by atoms with Gasteiger partial charge in [0.25, 0.3) is 5.91 Å². The van der Waals surface area contributed by atoms with E-state index >= 15 is 0 Å². The minimum absolute atomic E-state index is 0.0326. The van der Waals surface area contributed by atoms with Crippen molar-refractivity contribution in [2.45, 2.75) is 0 Å². The minimum atomic E-state index is -0.555. The number of halogens is 3. The molecular weight excluding hydrogens is 494 g/mol. The Balaban J connectivity index is 1.45. The second kappa shape index (κ2) is 9.70. The van der Waals surface area contributed by atoms with Gasteiger partial charge >= 0.3 is 0 Å². The molecule has 1 saturated heterocycles. The topological polar surface area (TPSA) is 49.9 Å². The van der Waals surface area contributed by atoms with Crippen molar-refractivity contribution in [3.8, 4) is 5.75 Å². The lowest BCUT2D eigenvalue weighted by molar-refractivity contribution is 0.0741. The van der Waals surface area contributed by atoms with E-state index < -0.39 is 11.6 Å². The van der Waals surface area contributed by atoms with Crippen LogP contribution in [0.3, 0.4) is 0 Å². The van der Waals surface area contributed by atoms with Crippen LogP contribution in [-0.2, 0) is 0 Å². The van der Waals surface area contributed by atoms with Crippen molar-refractivity contribution in [1.82, 2.24) is 4.90 Å². The summed E-state index contributed by atoms with van der Waals surface area (Å²) in [6, 6.07) is 15.2. The molecule has 4 rings (SSSR count). The molecular formula is C25H21BrF2N2O3. The predicted octanol–water partition coefficient (Wildman–Crippen LogP) is 4.93. The molecule has 0 N–H and O–H groups in total. The third-order valence-corrected chi connectivity index (χ3v) is 6.26. The van der Waals surface area contributed by atoms with Crippen molar-refractivity contribution in [1.29, 1.82) is 0 Å². The lowest BCUT2D eigenvalue weighted by Crippen LogP contribution is -2.49. The molecule has 0 aliphatic carbocycles. The van der Waals surface area contributed by atoms with Gasteiger partial charge in [-0.15, -0.1) is 0 Å². The standard InChI is InChI=1S/C25H21BrF2N2O3/c1-33-23-9-7-16(14-19(23)26)24(31)17-6-8-22(21(28)15-17)29-10-12-30(13-11-29)25(32)18-4-2-3-5-20(18)27/h2-9,14-15H,10-13H2,1H3. The van der Waals surface area contributed by atoms with Crippen LogP contribution in [0.25, 0.3) is 0 Å². The molecule has 0 bridgehead atoms. The molecule has 3 aromatic carbocycles. The van der Waals surface area contributed by atoms with Gasteiger partial charge in [-0.1, -0.05) is 12.1 Å². The zero-order chi connectivity index (χ0) is 23.5. The minimum Gasteiger partial charge on any atom is -0.496 e. The van der Waals surface area contributed by atoms with E-state index in [0.29, 0.717) is 47.7 Å². The van der Waals surface area contributed by atoms with Crippen molar-refractivity contribution in [3.63, 3.8) is 0 Å². The van der Waals surface area contributed by atoms with E-state index in [2.05, 4.69) is 15.9 Å². The lowest BCUT2D eigenvalue weighted by atomic mass is 10.0. The van der Waals surface area contributed by atoms with Crippen LogP contribution in [0.1, 0.15) is 26.3 Å². The number of piperazine rings is 1. The smallest absolute Gasteiger partial charge is 0.256 e. The number of methoxy groups -OCH3 is 1. The second-order valence-electron chi connectivity index (χ2n) is 7.60. The summed E-state index contributed by atoms with van der Waals surface area (Å²) in [5.74, 6) is -1.15. The Labute approximate surface area is 198 Å². The second-order valence-corrected chi connectivity index (χ2v) is 8.46. The zero-order valence-corrected chi connectivity index (χ0v) is 19.4. The first-order valence-electron chi connectivity index (χ1n) is 10.4. The normalized spacial score (nSPS) is 13.7. The van der Waals surface area contributed by atoms with E-state index in [4.69, 9.17) is 4.74 Å². The Hall–Kier alpha value is -3.26. The van der Waals surface area contributed by atoms with Gasteiger partial charge in [0.15, 0.2) is 5.78 Å². The van der Waals surface area contributed by atoms with Crippen LogP contribution in [0.2, 0.25) is 0 Å². The molecule has 3 aromatic rings. The number of nitrogens with zero attached hydrogens (tertiary/aromatic N) is 2. The predicted molar refractivity (Wildman–Crippen MR) is 125 cm³/mol. The Bertz CT molecular complexity index is 1210. The third-order valence-electron chi connectivity index (χ3n) is 5.64. The number of carbonyl (C=O) groups excluding carboxylic acids is 2. The summed E-state index contributed by atoms with van der Waals surface area (Å²) in [5.41, 5.74) is 1.04. The van der Waals surface area contributed by atoms with Crippen LogP contribution in [0.4, 0.5) is 14.5 Å². The number of benzene rings is 3. The highest BCUT2D eigenvalue weighted by molar-refractivity contribution is 9.10. The van der Waals surface area contributed by atoms with Crippen LogP contribution in [0.5, 0.6) is 5.75 Å². The molecule has 5 nitrogen and oxygen atoms in total. The molecule has 1 heterocycles. The summed E-state index contributed by atoms with van der Waals surface area (Å²) >= 11 is 3.35. The first-order chi connectivity index (χ1) is 15.9. The summed E-state index contributed by atoms with van der Waals surface area (Å²) in [5, 5.41) is 0. The fourth-order valence-corrected chi connectivity index (χ4v) is 4.37. The Morgan fingerprint density at radius 3 is 2.18 bits per heavy atom. The molecule has 0 saturated carbocycles. The fourth-order valence-electron chi connectivity index (χ4n) is 3.83. The lowest BCUT2D eigenvalue weighted by Gasteiger charge is -2.36. The molecule has 8 heteroatoms. The maximum atomic E-state index is 14.9. The summed E-state index contributed by atoms with van der Waals surface area (Å²) in [6.45, 7) is 1.48. The zero-order valence-electron chi connectivity index (χ0n) is 17.9. The molecule has 1 aliphatic rings. The number of anilines is 1. The number of amides is 1. The van der Waals surface area contributed by atoms with Gasteiger partial charge in [-0.2, -0.15) is 0 Å². The molecule has 1 fully saturated rings. The number of rotatable bonds is 5. The monoisotopic (exact) mass is 514 g/mol. The van der Waals surface area contributed by atoms with Gasteiger partial charge < -0.3 is 14.5 Å². The molecule has 1 aliphatic heterocycles. The van der Waals surface area contributed by atoms with E-state index in [0.717, 1.165) is 0 Å². The summed E-state index contributed by atoms with van der Waals surface area (Å²) in [6.07, 6.45) is 0. The quantitative estimate of drug-likeness (QED) is 0.453. The average Bonchev–Trinajstić information content (AvgIpc) is 2.83. The van der Waals surface area contributed by atoms with Crippen LogP contribution in [-0.4, -0.2) is 49.9 Å². The van der Waals surface area contributed by atoms with Gasteiger partial charge in [0.2, 0.25) is 0 Å². The third kappa shape index (κ3) is 4.75. The van der Waals surface area contributed by atoms with Gasteiger partial charge in [-0.05, 0) is 64.5 Å². The van der Waals surface area contributed by atoms with Gasteiger partial charge in [-0.3, -0.25) is 9.59 Å². The summed E-state index contributed by atoms with van der Waals surface area (Å²) in [7, 11) is 1.53. The van der Waals surface area contributed by atoms with Gasteiger partial charge in [-0.25, -0.2) is 8.78 Å². The Kier molecular flexibility index (Phi) is 6.74. The maximum absolute atomic E-state index is 14.9. The SMILES string of the molecule is COc1ccc(C(=O)c2ccc(N3CCN(C(=O)c4ccccc4F)CC3)c(F)c2)cc1Br. The van der Waals surface area contributed by atoms with Gasteiger partial charge in [0, 0.05) is 37.3 Å². The first-order valence-corrected chi connectivity index (χ1v) is 11.1. The van der Waals surface area contributed by atoms with Gasteiger partial charge in [0.1, 0.15) is 17.4 Å². The Morgan fingerprint density at radius 1 is 0.879 bits per heavy atom. The van der Waals surface area contributed by atoms with Crippen molar-refractivity contribution < 1.29 is 23.1 Å². The number of carbonyl (C=O) groups is 2. The number of hydrogen-bond acceptors (Lipinski definition) is 4. The van der Waals surface area contributed by atoms with Crippen molar-refractivity contribution in [3.05, 3.63) is 93.5 Å². The number of ketones is 1. The highest BCUT2D eigenvalue weighted by Gasteiger charge is 2.25. The van der Waals surface area contributed by atoms with Crippen LogP contribution in [0.15, 0.2) is 65.1 Å². The average molecular weight is 515 g/mol. The van der Waals surface area contributed by atoms with E-state index in [9.17, 15) is 18.4 Å². The van der Waals surface area contributed by atoms with Gasteiger partial charge in [0.05, 0.1) is 22.8 Å². The number of hydrogen-bond donors (Lipinski definition) is 0. The highest BCUT2D eigenvalue weighted by Crippen LogP contribution is 2.28. The van der Waals surface area contributed by atoms with E-state index in [1.54, 1.807) is 41.3 Å². The molecule has 33 heavy (non-hydrogen) atoms. The Morgan fingerprint density at radius 2 is 1.55 bits per heavy atom. The van der Waals surface area contributed by atoms with Crippen molar-refractivity contribution >= 4 is 33.3 Å². The molecule has 0 spiro atoms. The van der Waals surface area contributed by atoms with E-state index in [1.807, 2.05) is 4.90 Å². The largest absolute Gasteiger partial charge is 0.496 e. The van der Waals surface area contributed by atoms with Crippen LogP contribution < -0.4 is 9.64 Å². The van der Waals surface area contributed by atoms with E-state index in [1.165, 1.54) is 31.4 Å². The fraction of sp³-hybridized carbons (Fsp3) is 0.200. The molecule has 0 atom stereocenters. The first kappa shape index (κ1) is 22.9. The molecule has 0 aromatic heterocycles. The highest BCUT2D eigenvalue weighted by atomic mass is 79.9. The molecule has 1 amide bonds. The van der Waals surface area contributed by atoms with E-state index in [-0.39, 0.29) is 22.8 Å². The molecule has 0 radical (unpaired) electrons. The van der Waals surface area contributed by atoms with Crippen LogP contribution >= 0.6 is 15.9 Å². The van der Waals surface area contributed by atoms with Crippen molar-refractivity contribution in [2.75, 3.05) is 38.2 Å². The maximum Gasteiger partial charge on any atom is 0.256 e. The number of ether oxygens (including phenoxy) is 1. The molecule has 0 unspecified atom stereocenters. The van der Waals surface area contributed by atoms with Crippen molar-refractivity contribution in [2.24, 2.45) is 0 Å². The summed E-state index contributed by atoms with van der Waals surface area (Å²) < 4.78 is 34.7.